The Kier molecular flexibility index (Phi) is 4.45. The molecule has 1 saturated carbocycles. The average molecular weight is 265 g/mol. The first kappa shape index (κ1) is 13.6. The van der Waals surface area contributed by atoms with Gasteiger partial charge in [0.25, 0.3) is 0 Å². The van der Waals surface area contributed by atoms with Crippen molar-refractivity contribution >= 4 is 17.4 Å². The predicted octanol–water partition coefficient (Wildman–Crippen LogP) is 4.59. The molecule has 2 heteroatoms. The number of hydrogen-bond acceptors (Lipinski definition) is 1. The van der Waals surface area contributed by atoms with Crippen LogP contribution in [-0.2, 0) is 11.2 Å². The summed E-state index contributed by atoms with van der Waals surface area (Å²) in [5, 5.41) is 0.730. The number of carbonyl (C=O) groups is 1. The van der Waals surface area contributed by atoms with Gasteiger partial charge in [-0.05, 0) is 49.3 Å². The van der Waals surface area contributed by atoms with Crippen LogP contribution >= 0.6 is 11.6 Å². The number of benzene rings is 1. The number of aryl methyl sites for hydroxylation is 1. The van der Waals surface area contributed by atoms with Gasteiger partial charge in [0.05, 0.1) is 0 Å². The summed E-state index contributed by atoms with van der Waals surface area (Å²) < 4.78 is 0. The minimum atomic E-state index is 0.271. The fraction of sp³-hybridized carbons (Fsp3) is 0.562. The molecule has 2 unspecified atom stereocenters. The van der Waals surface area contributed by atoms with Gasteiger partial charge in [-0.1, -0.05) is 37.1 Å². The van der Waals surface area contributed by atoms with E-state index < -0.39 is 0 Å². The van der Waals surface area contributed by atoms with Crippen LogP contribution in [-0.4, -0.2) is 5.78 Å². The number of halogens is 1. The van der Waals surface area contributed by atoms with Gasteiger partial charge in [0, 0.05) is 17.4 Å². The Morgan fingerprint density at radius 1 is 1.39 bits per heavy atom. The Bertz CT molecular complexity index is 439. The molecule has 0 radical (unpaired) electrons. The molecule has 0 amide bonds. The zero-order valence-electron chi connectivity index (χ0n) is 11.2. The number of ketones is 1. The third-order valence-electron chi connectivity index (χ3n) is 4.15. The second kappa shape index (κ2) is 5.88. The first-order valence-corrected chi connectivity index (χ1v) is 7.25. The lowest BCUT2D eigenvalue weighted by molar-refractivity contribution is -0.122. The van der Waals surface area contributed by atoms with Crippen molar-refractivity contribution in [3.05, 3.63) is 34.3 Å². The van der Waals surface area contributed by atoms with Crippen molar-refractivity contribution in [1.82, 2.24) is 0 Å². The molecule has 0 spiro atoms. The molecule has 0 aromatic heterocycles. The van der Waals surface area contributed by atoms with E-state index in [-0.39, 0.29) is 5.92 Å². The molecule has 18 heavy (non-hydrogen) atoms. The molecule has 0 saturated heterocycles. The molecule has 98 valence electrons. The fourth-order valence-electron chi connectivity index (χ4n) is 2.87. The summed E-state index contributed by atoms with van der Waals surface area (Å²) in [5.41, 5.74) is 2.12. The topological polar surface area (TPSA) is 17.1 Å². The molecule has 0 bridgehead atoms. The van der Waals surface area contributed by atoms with Gasteiger partial charge in [-0.15, -0.1) is 0 Å². The van der Waals surface area contributed by atoms with Gasteiger partial charge >= 0.3 is 0 Å². The zero-order valence-corrected chi connectivity index (χ0v) is 12.0. The van der Waals surface area contributed by atoms with E-state index in [1.54, 1.807) is 0 Å². The van der Waals surface area contributed by atoms with E-state index in [2.05, 4.69) is 6.92 Å². The van der Waals surface area contributed by atoms with E-state index in [1.165, 1.54) is 12.8 Å². The average Bonchev–Trinajstić information content (AvgIpc) is 2.81. The third-order valence-corrected chi connectivity index (χ3v) is 4.50. The summed E-state index contributed by atoms with van der Waals surface area (Å²) in [6.07, 6.45) is 5.07. The maximum Gasteiger partial charge on any atom is 0.140 e. The standard InChI is InChI=1S/C16H21ClO/c1-3-12-5-7-14(9-12)16(18)10-13-6-4-11(2)8-15(13)17/h4,6,8,12,14H,3,5,7,9-10H2,1-2H3. The molecule has 2 rings (SSSR count). The molecular formula is C16H21ClO. The second-order valence-corrected chi connectivity index (χ2v) is 5.93. The number of carbonyl (C=O) groups excluding carboxylic acids is 1. The lowest BCUT2D eigenvalue weighted by Gasteiger charge is -2.10. The maximum atomic E-state index is 12.3. The lowest BCUT2D eigenvalue weighted by atomic mass is 9.94. The van der Waals surface area contributed by atoms with Gasteiger partial charge in [0.1, 0.15) is 5.78 Å². The largest absolute Gasteiger partial charge is 0.299 e. The Morgan fingerprint density at radius 2 is 2.17 bits per heavy atom. The van der Waals surface area contributed by atoms with Gasteiger partial charge in [0.2, 0.25) is 0 Å². The van der Waals surface area contributed by atoms with Gasteiger partial charge in [-0.3, -0.25) is 4.79 Å². The quantitative estimate of drug-likeness (QED) is 0.778. The molecule has 1 aliphatic rings. The van der Waals surface area contributed by atoms with E-state index in [0.29, 0.717) is 12.2 Å². The number of Topliss-reactive ketones (excluding diaryl/α,β-unsaturated/α-hetero) is 1. The maximum absolute atomic E-state index is 12.3. The van der Waals surface area contributed by atoms with E-state index in [1.807, 2.05) is 25.1 Å². The van der Waals surface area contributed by atoms with Crippen molar-refractivity contribution in [1.29, 1.82) is 0 Å². The van der Waals surface area contributed by atoms with Gasteiger partial charge in [-0.2, -0.15) is 0 Å². The van der Waals surface area contributed by atoms with Crippen LogP contribution in [0.2, 0.25) is 5.02 Å². The SMILES string of the molecule is CCC1CCC(C(=O)Cc2ccc(C)cc2Cl)C1. The fourth-order valence-corrected chi connectivity index (χ4v) is 3.17. The third kappa shape index (κ3) is 3.14. The Labute approximate surface area is 115 Å². The molecule has 1 fully saturated rings. The van der Waals surface area contributed by atoms with E-state index in [4.69, 9.17) is 11.6 Å². The van der Waals surface area contributed by atoms with Gasteiger partial charge < -0.3 is 0 Å². The molecule has 0 aliphatic heterocycles. The zero-order chi connectivity index (χ0) is 13.1. The van der Waals surface area contributed by atoms with Crippen LogP contribution < -0.4 is 0 Å². The Morgan fingerprint density at radius 3 is 2.78 bits per heavy atom. The molecule has 0 N–H and O–H groups in total. The monoisotopic (exact) mass is 264 g/mol. The Hall–Kier alpha value is -0.820. The normalized spacial score (nSPS) is 23.3. The minimum absolute atomic E-state index is 0.271. The highest BCUT2D eigenvalue weighted by Gasteiger charge is 2.28. The summed E-state index contributed by atoms with van der Waals surface area (Å²) in [4.78, 5) is 12.3. The first-order chi connectivity index (χ1) is 8.60. The van der Waals surface area contributed by atoms with Crippen LogP contribution in [0.15, 0.2) is 18.2 Å². The molecule has 1 aromatic rings. The van der Waals surface area contributed by atoms with Crippen molar-refractivity contribution in [3.8, 4) is 0 Å². The van der Waals surface area contributed by atoms with Crippen LogP contribution in [0.1, 0.15) is 43.7 Å². The summed E-state index contributed by atoms with van der Waals surface area (Å²) >= 11 is 6.18. The highest BCUT2D eigenvalue weighted by atomic mass is 35.5. The molecule has 1 nitrogen and oxygen atoms in total. The van der Waals surface area contributed by atoms with E-state index in [0.717, 1.165) is 34.9 Å². The van der Waals surface area contributed by atoms with Crippen LogP contribution in [0.4, 0.5) is 0 Å². The lowest BCUT2D eigenvalue weighted by Crippen LogP contribution is -2.14. The first-order valence-electron chi connectivity index (χ1n) is 6.88. The summed E-state index contributed by atoms with van der Waals surface area (Å²) in [7, 11) is 0. The van der Waals surface area contributed by atoms with Crippen LogP contribution in [0, 0.1) is 18.8 Å². The summed E-state index contributed by atoms with van der Waals surface area (Å²) in [6.45, 7) is 4.23. The van der Waals surface area contributed by atoms with Crippen LogP contribution in [0.25, 0.3) is 0 Å². The molecular weight excluding hydrogens is 244 g/mol. The van der Waals surface area contributed by atoms with Crippen LogP contribution in [0.5, 0.6) is 0 Å². The van der Waals surface area contributed by atoms with Crippen molar-refractivity contribution in [2.45, 2.75) is 46.0 Å². The van der Waals surface area contributed by atoms with Crippen molar-refractivity contribution in [3.63, 3.8) is 0 Å². The van der Waals surface area contributed by atoms with Crippen molar-refractivity contribution < 1.29 is 4.79 Å². The summed E-state index contributed by atoms with van der Waals surface area (Å²) in [5.74, 6) is 1.40. The predicted molar refractivity (Wildman–Crippen MR) is 76.0 cm³/mol. The van der Waals surface area contributed by atoms with Gasteiger partial charge in [-0.25, -0.2) is 0 Å². The Balaban J connectivity index is 1.99. The second-order valence-electron chi connectivity index (χ2n) is 5.52. The van der Waals surface area contributed by atoms with E-state index in [9.17, 15) is 4.79 Å². The van der Waals surface area contributed by atoms with Gasteiger partial charge in [0.15, 0.2) is 0 Å². The van der Waals surface area contributed by atoms with E-state index >= 15 is 0 Å². The summed E-state index contributed by atoms with van der Waals surface area (Å²) in [6, 6.07) is 5.95. The van der Waals surface area contributed by atoms with Crippen LogP contribution in [0.3, 0.4) is 0 Å². The molecule has 1 aromatic carbocycles. The minimum Gasteiger partial charge on any atom is -0.299 e. The molecule has 1 aliphatic carbocycles. The highest BCUT2D eigenvalue weighted by molar-refractivity contribution is 6.31. The van der Waals surface area contributed by atoms with Crippen molar-refractivity contribution in [2.24, 2.45) is 11.8 Å². The number of rotatable bonds is 4. The molecule has 2 atom stereocenters. The number of hydrogen-bond donors (Lipinski definition) is 0. The molecule has 0 heterocycles. The van der Waals surface area contributed by atoms with Crippen molar-refractivity contribution in [2.75, 3.05) is 0 Å². The smallest absolute Gasteiger partial charge is 0.140 e. The highest BCUT2D eigenvalue weighted by Crippen LogP contribution is 2.34.